The summed E-state index contributed by atoms with van der Waals surface area (Å²) in [5, 5.41) is 22.0. The van der Waals surface area contributed by atoms with Gasteiger partial charge in [-0.25, -0.2) is 4.68 Å². The largest absolute Gasteiger partial charge is 0.215 e. The number of tetrazole rings is 1. The molecule has 126 valence electrons. The van der Waals surface area contributed by atoms with Gasteiger partial charge in [0, 0.05) is 5.75 Å². The molecule has 0 N–H and O–H groups in total. The van der Waals surface area contributed by atoms with Crippen molar-refractivity contribution < 1.29 is 0 Å². The average Bonchev–Trinajstić information content (AvgIpc) is 3.09. The van der Waals surface area contributed by atoms with Crippen molar-refractivity contribution in [1.29, 1.82) is 5.26 Å². The highest BCUT2D eigenvalue weighted by Crippen LogP contribution is 2.27. The number of hydrogen-bond acceptors (Lipinski definition) is 5. The molecule has 5 nitrogen and oxygen atoms in total. The number of benzene rings is 2. The van der Waals surface area contributed by atoms with Gasteiger partial charge < -0.3 is 0 Å². The Kier molecular flexibility index (Phi) is 4.86. The predicted octanol–water partition coefficient (Wildman–Crippen LogP) is 4.26. The topological polar surface area (TPSA) is 67.4 Å². The van der Waals surface area contributed by atoms with Crippen LogP contribution in [0.3, 0.4) is 0 Å². The minimum absolute atomic E-state index is 0.142. The van der Waals surface area contributed by atoms with Crippen LogP contribution in [0.15, 0.2) is 53.7 Å². The molecule has 0 saturated heterocycles. The van der Waals surface area contributed by atoms with Gasteiger partial charge >= 0.3 is 0 Å². The second-order valence-corrected chi connectivity index (χ2v) is 7.63. The minimum atomic E-state index is -0.142. The molecule has 0 amide bonds. The van der Waals surface area contributed by atoms with Crippen molar-refractivity contribution in [1.82, 2.24) is 20.2 Å². The summed E-state index contributed by atoms with van der Waals surface area (Å²) in [6.07, 6.45) is 0. The third kappa shape index (κ3) is 3.89. The first-order valence-corrected chi connectivity index (χ1v) is 8.98. The normalized spacial score (nSPS) is 11.3. The third-order valence-corrected chi connectivity index (χ3v) is 4.75. The van der Waals surface area contributed by atoms with Crippen LogP contribution in [0.1, 0.15) is 31.9 Å². The van der Waals surface area contributed by atoms with Gasteiger partial charge in [0.2, 0.25) is 5.16 Å². The number of rotatable bonds is 4. The molecule has 25 heavy (non-hydrogen) atoms. The lowest BCUT2D eigenvalue weighted by Crippen LogP contribution is -2.24. The summed E-state index contributed by atoms with van der Waals surface area (Å²) >= 11 is 1.62. The summed E-state index contributed by atoms with van der Waals surface area (Å²) in [4.78, 5) is 0. The molecule has 0 radical (unpaired) electrons. The average molecular weight is 349 g/mol. The van der Waals surface area contributed by atoms with E-state index in [9.17, 15) is 5.26 Å². The molecule has 0 aliphatic carbocycles. The standard InChI is InChI=1S/C19H19N5S/c1-19(2,3)24-18(21-22-23-24)25-13-14-8-10-15(11-9-14)17-7-5-4-6-16(17)12-20/h4-11H,13H2,1-3H3. The van der Waals surface area contributed by atoms with Crippen molar-refractivity contribution in [3.63, 3.8) is 0 Å². The summed E-state index contributed by atoms with van der Waals surface area (Å²) in [7, 11) is 0. The van der Waals surface area contributed by atoms with Gasteiger partial charge in [-0.3, -0.25) is 0 Å². The first kappa shape index (κ1) is 17.2. The second kappa shape index (κ2) is 7.08. The molecule has 0 saturated carbocycles. The Hall–Kier alpha value is -2.65. The highest BCUT2D eigenvalue weighted by molar-refractivity contribution is 7.98. The van der Waals surface area contributed by atoms with Crippen molar-refractivity contribution in [2.75, 3.05) is 0 Å². The van der Waals surface area contributed by atoms with Crippen LogP contribution < -0.4 is 0 Å². The van der Waals surface area contributed by atoms with Crippen molar-refractivity contribution in [3.05, 3.63) is 59.7 Å². The van der Waals surface area contributed by atoms with Gasteiger partial charge in [-0.2, -0.15) is 5.26 Å². The zero-order chi connectivity index (χ0) is 17.9. The number of nitriles is 1. The smallest absolute Gasteiger partial charge is 0.210 e. The van der Waals surface area contributed by atoms with Gasteiger partial charge in [-0.1, -0.05) is 54.2 Å². The van der Waals surface area contributed by atoms with Crippen molar-refractivity contribution >= 4 is 11.8 Å². The van der Waals surface area contributed by atoms with Gasteiger partial charge in [0.1, 0.15) is 0 Å². The summed E-state index contributed by atoms with van der Waals surface area (Å²) in [5.74, 6) is 0.788. The molecule has 0 aliphatic heterocycles. The van der Waals surface area contributed by atoms with Crippen LogP contribution in [-0.2, 0) is 11.3 Å². The van der Waals surface area contributed by atoms with Crippen molar-refractivity contribution in [3.8, 4) is 17.2 Å². The van der Waals surface area contributed by atoms with Gasteiger partial charge in [0.15, 0.2) is 0 Å². The van der Waals surface area contributed by atoms with E-state index in [4.69, 9.17) is 0 Å². The van der Waals surface area contributed by atoms with Crippen LogP contribution in [0.2, 0.25) is 0 Å². The maximum absolute atomic E-state index is 9.24. The van der Waals surface area contributed by atoms with E-state index in [1.165, 1.54) is 5.56 Å². The monoisotopic (exact) mass is 349 g/mol. The van der Waals surface area contributed by atoms with E-state index >= 15 is 0 Å². The Morgan fingerprint density at radius 3 is 2.48 bits per heavy atom. The van der Waals surface area contributed by atoms with E-state index in [2.05, 4.69) is 66.6 Å². The molecule has 0 aliphatic rings. The lowest BCUT2D eigenvalue weighted by atomic mass is 10.00. The Morgan fingerprint density at radius 2 is 1.80 bits per heavy atom. The fraction of sp³-hybridized carbons (Fsp3) is 0.263. The number of thioether (sulfide) groups is 1. The second-order valence-electron chi connectivity index (χ2n) is 6.69. The van der Waals surface area contributed by atoms with Crippen LogP contribution in [0.25, 0.3) is 11.1 Å². The molecule has 0 spiro atoms. The van der Waals surface area contributed by atoms with E-state index in [0.717, 1.165) is 22.0 Å². The molecule has 0 unspecified atom stereocenters. The molecule has 3 rings (SSSR count). The van der Waals surface area contributed by atoms with E-state index in [1.54, 1.807) is 11.8 Å². The first-order valence-electron chi connectivity index (χ1n) is 7.99. The molecule has 1 aromatic heterocycles. The lowest BCUT2D eigenvalue weighted by molar-refractivity contribution is 0.321. The fourth-order valence-corrected chi connectivity index (χ4v) is 3.47. The molecule has 0 bridgehead atoms. The van der Waals surface area contributed by atoms with Crippen LogP contribution in [-0.4, -0.2) is 20.2 Å². The molecule has 3 aromatic rings. The van der Waals surface area contributed by atoms with E-state index < -0.39 is 0 Å². The van der Waals surface area contributed by atoms with E-state index in [-0.39, 0.29) is 5.54 Å². The molecule has 2 aromatic carbocycles. The zero-order valence-electron chi connectivity index (χ0n) is 14.5. The number of aromatic nitrogens is 4. The van der Waals surface area contributed by atoms with Gasteiger partial charge in [0.25, 0.3) is 0 Å². The zero-order valence-corrected chi connectivity index (χ0v) is 15.3. The van der Waals surface area contributed by atoms with Crippen molar-refractivity contribution in [2.24, 2.45) is 0 Å². The Balaban J connectivity index is 1.74. The molecular formula is C19H19N5S. The summed E-state index contributed by atoms with van der Waals surface area (Å²) < 4.78 is 1.84. The quantitative estimate of drug-likeness (QED) is 0.658. The van der Waals surface area contributed by atoms with E-state index in [0.29, 0.717) is 5.56 Å². The molecule has 0 atom stereocenters. The van der Waals surface area contributed by atoms with E-state index in [1.807, 2.05) is 28.9 Å². The molecule has 1 heterocycles. The van der Waals surface area contributed by atoms with Gasteiger partial charge in [0.05, 0.1) is 17.2 Å². The maximum atomic E-state index is 9.24. The SMILES string of the molecule is CC(C)(C)n1nnnc1SCc1ccc(-c2ccccc2C#N)cc1. The predicted molar refractivity (Wildman–Crippen MR) is 99.0 cm³/mol. The Labute approximate surface area is 151 Å². The number of hydrogen-bond donors (Lipinski definition) is 0. The lowest BCUT2D eigenvalue weighted by Gasteiger charge is -2.19. The Morgan fingerprint density at radius 1 is 1.08 bits per heavy atom. The summed E-state index contributed by atoms with van der Waals surface area (Å²) in [5.41, 5.74) is 3.74. The van der Waals surface area contributed by atoms with Crippen LogP contribution >= 0.6 is 11.8 Å². The highest BCUT2D eigenvalue weighted by atomic mass is 32.2. The van der Waals surface area contributed by atoms with Crippen LogP contribution in [0, 0.1) is 11.3 Å². The highest BCUT2D eigenvalue weighted by Gasteiger charge is 2.19. The third-order valence-electron chi connectivity index (χ3n) is 3.76. The maximum Gasteiger partial charge on any atom is 0.210 e. The Bertz CT molecular complexity index is 901. The molecular weight excluding hydrogens is 330 g/mol. The molecule has 6 heteroatoms. The number of nitrogens with zero attached hydrogens (tertiary/aromatic N) is 5. The van der Waals surface area contributed by atoms with Gasteiger partial charge in [-0.05, 0) is 54.0 Å². The van der Waals surface area contributed by atoms with Crippen LogP contribution in [0.5, 0.6) is 0 Å². The summed E-state index contributed by atoms with van der Waals surface area (Å²) in [6.45, 7) is 6.23. The van der Waals surface area contributed by atoms with Gasteiger partial charge in [-0.15, -0.1) is 5.10 Å². The molecule has 0 fully saturated rings. The fourth-order valence-electron chi connectivity index (χ4n) is 2.45. The van der Waals surface area contributed by atoms with Crippen molar-refractivity contribution in [2.45, 2.75) is 37.2 Å². The first-order chi connectivity index (χ1) is 12.0. The summed E-state index contributed by atoms with van der Waals surface area (Å²) in [6, 6.07) is 18.2. The minimum Gasteiger partial charge on any atom is -0.215 e. The van der Waals surface area contributed by atoms with Crippen LogP contribution in [0.4, 0.5) is 0 Å².